The van der Waals surface area contributed by atoms with E-state index in [0.29, 0.717) is 12.5 Å². The number of amides is 1. The van der Waals surface area contributed by atoms with Crippen molar-refractivity contribution in [3.63, 3.8) is 0 Å². The Morgan fingerprint density at radius 2 is 2.21 bits per heavy atom. The molecule has 0 bridgehead atoms. The summed E-state index contributed by atoms with van der Waals surface area (Å²) in [5.41, 5.74) is 3.65. The molecule has 1 amide bonds. The molecular weight excluding hydrogens is 236 g/mol. The van der Waals surface area contributed by atoms with Crippen LogP contribution in [0, 0.1) is 5.92 Å². The number of hydrogen-bond acceptors (Lipinski definition) is 2. The Hall–Kier alpha value is -1.35. The second-order valence-electron chi connectivity index (χ2n) is 5.84. The Morgan fingerprint density at radius 1 is 1.37 bits per heavy atom. The molecule has 0 aromatic heterocycles. The molecule has 1 fully saturated rings. The molecule has 2 N–H and O–H groups in total. The average Bonchev–Trinajstić information content (AvgIpc) is 2.37. The van der Waals surface area contributed by atoms with E-state index in [9.17, 15) is 4.79 Å². The van der Waals surface area contributed by atoms with Crippen molar-refractivity contribution in [3.8, 4) is 0 Å². The van der Waals surface area contributed by atoms with E-state index in [1.165, 1.54) is 36.8 Å². The van der Waals surface area contributed by atoms with Gasteiger partial charge < -0.3 is 10.6 Å². The fourth-order valence-corrected chi connectivity index (χ4v) is 3.10. The number of hydrogen-bond donors (Lipinski definition) is 2. The molecule has 0 saturated heterocycles. The van der Waals surface area contributed by atoms with Crippen LogP contribution in [0.2, 0.25) is 0 Å². The number of rotatable bonds is 4. The lowest BCUT2D eigenvalue weighted by atomic mass is 9.79. The van der Waals surface area contributed by atoms with E-state index in [1.807, 2.05) is 7.05 Å². The minimum Gasteiger partial charge on any atom is -0.326 e. The molecule has 1 aromatic carbocycles. The van der Waals surface area contributed by atoms with Gasteiger partial charge in [-0.25, -0.2) is 0 Å². The average molecular weight is 258 g/mol. The van der Waals surface area contributed by atoms with Crippen LogP contribution < -0.4 is 10.6 Å². The van der Waals surface area contributed by atoms with Crippen LogP contribution in [-0.4, -0.2) is 13.0 Å². The van der Waals surface area contributed by atoms with Gasteiger partial charge in [-0.15, -0.1) is 0 Å². The van der Waals surface area contributed by atoms with E-state index in [1.54, 1.807) is 0 Å². The molecule has 1 heterocycles. The van der Waals surface area contributed by atoms with Gasteiger partial charge in [-0.3, -0.25) is 4.79 Å². The highest BCUT2D eigenvalue weighted by Gasteiger charge is 2.23. The number of anilines is 1. The predicted octanol–water partition coefficient (Wildman–Crippen LogP) is 3.02. The molecule has 1 atom stereocenters. The maximum absolute atomic E-state index is 11.4. The minimum atomic E-state index is 0.139. The van der Waals surface area contributed by atoms with Crippen LogP contribution in [0.4, 0.5) is 5.69 Å². The summed E-state index contributed by atoms with van der Waals surface area (Å²) < 4.78 is 0. The highest BCUT2D eigenvalue weighted by atomic mass is 16.1. The van der Waals surface area contributed by atoms with Crippen molar-refractivity contribution >= 4 is 11.6 Å². The lowest BCUT2D eigenvalue weighted by Crippen LogP contribution is -2.24. The molecule has 3 heteroatoms. The van der Waals surface area contributed by atoms with Crippen molar-refractivity contribution in [2.45, 2.75) is 44.6 Å². The Bertz CT molecular complexity index is 480. The highest BCUT2D eigenvalue weighted by molar-refractivity contribution is 5.93. The van der Waals surface area contributed by atoms with Gasteiger partial charge in [0.25, 0.3) is 0 Å². The van der Waals surface area contributed by atoms with Crippen LogP contribution in [-0.2, 0) is 11.2 Å². The molecule has 1 unspecified atom stereocenters. The van der Waals surface area contributed by atoms with Crippen LogP contribution >= 0.6 is 0 Å². The Kier molecular flexibility index (Phi) is 3.56. The van der Waals surface area contributed by atoms with Gasteiger partial charge in [0.05, 0.1) is 0 Å². The summed E-state index contributed by atoms with van der Waals surface area (Å²) in [4.78, 5) is 11.4. The first-order valence-corrected chi connectivity index (χ1v) is 7.36. The van der Waals surface area contributed by atoms with Crippen LogP contribution in [0.15, 0.2) is 18.2 Å². The molecule has 0 radical (unpaired) electrons. The Morgan fingerprint density at radius 3 is 2.89 bits per heavy atom. The van der Waals surface area contributed by atoms with Gasteiger partial charge in [-0.1, -0.05) is 31.4 Å². The summed E-state index contributed by atoms with van der Waals surface area (Å²) in [5, 5.41) is 6.39. The molecule has 1 aliphatic heterocycles. The summed E-state index contributed by atoms with van der Waals surface area (Å²) in [6.45, 7) is 0. The zero-order chi connectivity index (χ0) is 13.2. The van der Waals surface area contributed by atoms with Gasteiger partial charge in [0, 0.05) is 18.2 Å². The fraction of sp³-hybridized carbons (Fsp3) is 0.562. The van der Waals surface area contributed by atoms with Crippen LogP contribution in [0.25, 0.3) is 0 Å². The van der Waals surface area contributed by atoms with Crippen molar-refractivity contribution in [1.29, 1.82) is 0 Å². The summed E-state index contributed by atoms with van der Waals surface area (Å²) in [6.07, 6.45) is 6.90. The topological polar surface area (TPSA) is 41.1 Å². The zero-order valence-electron chi connectivity index (χ0n) is 11.5. The van der Waals surface area contributed by atoms with Gasteiger partial charge in [-0.05, 0) is 43.0 Å². The van der Waals surface area contributed by atoms with E-state index in [-0.39, 0.29) is 5.91 Å². The van der Waals surface area contributed by atoms with E-state index in [0.717, 1.165) is 18.0 Å². The van der Waals surface area contributed by atoms with Gasteiger partial charge in [0.1, 0.15) is 0 Å². The van der Waals surface area contributed by atoms with Crippen molar-refractivity contribution in [1.82, 2.24) is 5.32 Å². The largest absolute Gasteiger partial charge is 0.326 e. The van der Waals surface area contributed by atoms with Crippen molar-refractivity contribution in [3.05, 3.63) is 29.3 Å². The Labute approximate surface area is 114 Å². The molecule has 3 nitrogen and oxygen atoms in total. The molecule has 102 valence electrons. The van der Waals surface area contributed by atoms with Crippen molar-refractivity contribution in [2.24, 2.45) is 5.92 Å². The van der Waals surface area contributed by atoms with Gasteiger partial charge in [0.2, 0.25) is 5.91 Å². The number of benzene rings is 1. The smallest absolute Gasteiger partial charge is 0.224 e. The third kappa shape index (κ3) is 2.66. The molecular formula is C16H22N2O. The number of nitrogens with one attached hydrogen (secondary N) is 2. The van der Waals surface area contributed by atoms with E-state index in [4.69, 9.17) is 0 Å². The molecule has 19 heavy (non-hydrogen) atoms. The highest BCUT2D eigenvalue weighted by Crippen LogP contribution is 2.35. The van der Waals surface area contributed by atoms with E-state index >= 15 is 0 Å². The maximum atomic E-state index is 11.4. The van der Waals surface area contributed by atoms with Gasteiger partial charge in [-0.2, -0.15) is 0 Å². The summed E-state index contributed by atoms with van der Waals surface area (Å²) in [5.74, 6) is 1.04. The molecule has 3 rings (SSSR count). The predicted molar refractivity (Wildman–Crippen MR) is 77.2 cm³/mol. The second-order valence-corrected chi connectivity index (χ2v) is 5.84. The second kappa shape index (κ2) is 5.33. The van der Waals surface area contributed by atoms with Crippen LogP contribution in [0.1, 0.15) is 49.3 Å². The fourth-order valence-electron chi connectivity index (χ4n) is 3.10. The maximum Gasteiger partial charge on any atom is 0.224 e. The SMILES string of the molecule is CNC(CC1CCC1)c1ccc2c(c1)CCC(=O)N2. The zero-order valence-corrected chi connectivity index (χ0v) is 11.5. The summed E-state index contributed by atoms with van der Waals surface area (Å²) >= 11 is 0. The van der Waals surface area contributed by atoms with Crippen molar-refractivity contribution in [2.75, 3.05) is 12.4 Å². The number of fused-ring (bicyclic) bond motifs is 1. The number of aryl methyl sites for hydroxylation is 1. The third-order valence-electron chi connectivity index (χ3n) is 4.57. The normalized spacial score (nSPS) is 20.4. The van der Waals surface area contributed by atoms with Gasteiger partial charge >= 0.3 is 0 Å². The lowest BCUT2D eigenvalue weighted by molar-refractivity contribution is -0.116. The third-order valence-corrected chi connectivity index (χ3v) is 4.57. The monoisotopic (exact) mass is 258 g/mol. The number of carbonyl (C=O) groups excluding carboxylic acids is 1. The molecule has 2 aliphatic rings. The van der Waals surface area contributed by atoms with Gasteiger partial charge in [0.15, 0.2) is 0 Å². The molecule has 1 aliphatic carbocycles. The Balaban J connectivity index is 1.77. The molecule has 1 aromatic rings. The van der Waals surface area contributed by atoms with E-state index in [2.05, 4.69) is 28.8 Å². The van der Waals surface area contributed by atoms with E-state index < -0.39 is 0 Å². The first-order valence-electron chi connectivity index (χ1n) is 7.36. The first-order chi connectivity index (χ1) is 9.26. The summed E-state index contributed by atoms with van der Waals surface area (Å²) in [6, 6.07) is 6.94. The first kappa shape index (κ1) is 12.7. The van der Waals surface area contributed by atoms with Crippen LogP contribution in [0.5, 0.6) is 0 Å². The quantitative estimate of drug-likeness (QED) is 0.871. The molecule has 0 spiro atoms. The van der Waals surface area contributed by atoms with Crippen LogP contribution in [0.3, 0.4) is 0 Å². The summed E-state index contributed by atoms with van der Waals surface area (Å²) in [7, 11) is 2.05. The van der Waals surface area contributed by atoms with Crippen molar-refractivity contribution < 1.29 is 4.79 Å². The standard InChI is InChI=1S/C16H22N2O/c1-17-15(9-11-3-2-4-11)13-5-7-14-12(10-13)6-8-16(19)18-14/h5,7,10-11,15,17H,2-4,6,8-9H2,1H3,(H,18,19). The number of carbonyl (C=O) groups is 1. The molecule has 1 saturated carbocycles. The minimum absolute atomic E-state index is 0.139. The lowest BCUT2D eigenvalue weighted by Gasteiger charge is -2.30.